The highest BCUT2D eigenvalue weighted by Gasteiger charge is 2.10. The van der Waals surface area contributed by atoms with Gasteiger partial charge in [-0.05, 0) is 24.3 Å². The Bertz CT molecular complexity index is 675. The molecular weight excluding hydrogens is 334 g/mol. The Labute approximate surface area is 153 Å². The molecule has 0 saturated carbocycles. The number of rotatable bonds is 10. The number of esters is 2. The van der Waals surface area contributed by atoms with Gasteiger partial charge in [-0.25, -0.2) is 4.79 Å². The molecule has 0 N–H and O–H groups in total. The average molecular weight is 357 g/mol. The van der Waals surface area contributed by atoms with E-state index in [1.807, 2.05) is 72.6 Å². The van der Waals surface area contributed by atoms with Crippen molar-refractivity contribution in [1.82, 2.24) is 0 Å². The van der Waals surface area contributed by atoms with Crippen molar-refractivity contribution >= 4 is 17.6 Å². The highest BCUT2D eigenvalue weighted by atomic mass is 16.6. The summed E-state index contributed by atoms with van der Waals surface area (Å²) in [5, 5.41) is 0. The lowest BCUT2D eigenvalue weighted by Crippen LogP contribution is -2.24. The molecule has 0 aliphatic rings. The number of anilines is 1. The standard InChI is InChI=1S/C20H23NO5/c1-21(17-8-4-2-5-9-17)13-12-19(22)26-16-20(23)25-15-14-24-18-10-6-3-7-11-18/h2-11H,12-16H2,1H3. The van der Waals surface area contributed by atoms with Crippen molar-refractivity contribution in [2.24, 2.45) is 0 Å². The molecule has 6 heteroatoms. The highest BCUT2D eigenvalue weighted by Crippen LogP contribution is 2.11. The van der Waals surface area contributed by atoms with Crippen molar-refractivity contribution in [2.45, 2.75) is 6.42 Å². The van der Waals surface area contributed by atoms with Gasteiger partial charge in [0.15, 0.2) is 6.61 Å². The second kappa shape index (κ2) is 10.8. The van der Waals surface area contributed by atoms with Crippen molar-refractivity contribution in [3.05, 3.63) is 60.7 Å². The number of carbonyl (C=O) groups excluding carboxylic acids is 2. The SMILES string of the molecule is CN(CCC(=O)OCC(=O)OCCOc1ccccc1)c1ccccc1. The Kier molecular flexibility index (Phi) is 7.99. The molecule has 0 spiro atoms. The molecule has 26 heavy (non-hydrogen) atoms. The maximum absolute atomic E-state index is 11.7. The fourth-order valence-electron chi connectivity index (χ4n) is 2.16. The summed E-state index contributed by atoms with van der Waals surface area (Å²) in [6.45, 7) is 0.454. The molecule has 0 fully saturated rings. The minimum Gasteiger partial charge on any atom is -0.490 e. The predicted octanol–water partition coefficient (Wildman–Crippen LogP) is 2.68. The molecule has 0 amide bonds. The molecule has 138 valence electrons. The van der Waals surface area contributed by atoms with Crippen LogP contribution in [0.5, 0.6) is 5.75 Å². The molecule has 0 aliphatic heterocycles. The minimum absolute atomic E-state index is 0.0992. The van der Waals surface area contributed by atoms with Gasteiger partial charge in [-0.3, -0.25) is 4.79 Å². The number of hydrogen-bond donors (Lipinski definition) is 0. The fourth-order valence-corrected chi connectivity index (χ4v) is 2.16. The normalized spacial score (nSPS) is 10.0. The van der Waals surface area contributed by atoms with Crippen LogP contribution < -0.4 is 9.64 Å². The Morgan fingerprint density at radius 1 is 0.846 bits per heavy atom. The van der Waals surface area contributed by atoms with Crippen LogP contribution >= 0.6 is 0 Å². The van der Waals surface area contributed by atoms with Crippen LogP contribution in [0.2, 0.25) is 0 Å². The van der Waals surface area contributed by atoms with Gasteiger partial charge < -0.3 is 19.1 Å². The van der Waals surface area contributed by atoms with Crippen molar-refractivity contribution in [3.8, 4) is 5.75 Å². The van der Waals surface area contributed by atoms with E-state index in [0.29, 0.717) is 12.3 Å². The zero-order valence-corrected chi connectivity index (χ0v) is 14.8. The minimum atomic E-state index is -0.591. The Morgan fingerprint density at radius 3 is 2.19 bits per heavy atom. The first-order valence-electron chi connectivity index (χ1n) is 8.40. The van der Waals surface area contributed by atoms with Crippen LogP contribution in [-0.4, -0.2) is 45.4 Å². The number of nitrogens with zero attached hydrogens (tertiary/aromatic N) is 1. The predicted molar refractivity (Wildman–Crippen MR) is 98.2 cm³/mol. The largest absolute Gasteiger partial charge is 0.490 e. The van der Waals surface area contributed by atoms with Crippen LogP contribution in [0.4, 0.5) is 5.69 Å². The third-order valence-corrected chi connectivity index (χ3v) is 3.56. The summed E-state index contributed by atoms with van der Waals surface area (Å²) in [5.74, 6) is -0.325. The van der Waals surface area contributed by atoms with Crippen molar-refractivity contribution < 1.29 is 23.8 Å². The van der Waals surface area contributed by atoms with Gasteiger partial charge in [0, 0.05) is 19.3 Å². The zero-order valence-electron chi connectivity index (χ0n) is 14.8. The first kappa shape index (κ1) is 19.3. The summed E-state index contributed by atoms with van der Waals surface area (Å²) in [6.07, 6.45) is 0.190. The number of carbonyl (C=O) groups is 2. The second-order valence-electron chi connectivity index (χ2n) is 5.55. The third-order valence-electron chi connectivity index (χ3n) is 3.56. The lowest BCUT2D eigenvalue weighted by Gasteiger charge is -2.18. The maximum Gasteiger partial charge on any atom is 0.344 e. The van der Waals surface area contributed by atoms with Crippen LogP contribution in [0.15, 0.2) is 60.7 Å². The molecule has 6 nitrogen and oxygen atoms in total. The number of ether oxygens (including phenoxy) is 3. The van der Waals surface area contributed by atoms with Crippen LogP contribution in [0, 0.1) is 0 Å². The van der Waals surface area contributed by atoms with E-state index in [2.05, 4.69) is 0 Å². The molecule has 0 unspecified atom stereocenters. The smallest absolute Gasteiger partial charge is 0.344 e. The number of para-hydroxylation sites is 2. The van der Waals surface area contributed by atoms with E-state index in [1.54, 1.807) is 0 Å². The van der Waals surface area contributed by atoms with Crippen molar-refractivity contribution in [3.63, 3.8) is 0 Å². The first-order chi connectivity index (χ1) is 12.6. The molecule has 0 aliphatic carbocycles. The van der Waals surface area contributed by atoms with E-state index < -0.39 is 11.9 Å². The zero-order chi connectivity index (χ0) is 18.6. The number of hydrogen-bond acceptors (Lipinski definition) is 6. The summed E-state index contributed by atoms with van der Waals surface area (Å²) >= 11 is 0. The molecule has 0 bridgehead atoms. The molecule has 2 aromatic carbocycles. The van der Waals surface area contributed by atoms with E-state index in [-0.39, 0.29) is 26.2 Å². The lowest BCUT2D eigenvalue weighted by atomic mass is 10.3. The monoisotopic (exact) mass is 357 g/mol. The summed E-state index contributed by atoms with van der Waals surface area (Å²) < 4.78 is 15.3. The molecule has 0 aromatic heterocycles. The highest BCUT2D eigenvalue weighted by molar-refractivity contribution is 5.76. The van der Waals surface area contributed by atoms with Gasteiger partial charge >= 0.3 is 11.9 Å². The molecule has 0 radical (unpaired) electrons. The Morgan fingerprint density at radius 2 is 1.50 bits per heavy atom. The summed E-state index contributed by atoms with van der Waals surface area (Å²) in [5.41, 5.74) is 1.01. The van der Waals surface area contributed by atoms with E-state index in [4.69, 9.17) is 14.2 Å². The summed E-state index contributed by atoms with van der Waals surface area (Å²) in [4.78, 5) is 25.2. The van der Waals surface area contributed by atoms with E-state index >= 15 is 0 Å². The third kappa shape index (κ3) is 7.25. The summed E-state index contributed by atoms with van der Waals surface area (Å²) in [7, 11) is 1.89. The Hall–Kier alpha value is -3.02. The first-order valence-corrected chi connectivity index (χ1v) is 8.40. The van der Waals surface area contributed by atoms with E-state index in [0.717, 1.165) is 5.69 Å². The number of benzene rings is 2. The average Bonchev–Trinajstić information content (AvgIpc) is 2.69. The fraction of sp³-hybridized carbons (Fsp3) is 0.300. The van der Waals surface area contributed by atoms with E-state index in [9.17, 15) is 9.59 Å². The van der Waals surface area contributed by atoms with Crippen molar-refractivity contribution in [2.75, 3.05) is 38.3 Å². The van der Waals surface area contributed by atoms with Gasteiger partial charge in [0.2, 0.25) is 0 Å². The molecule has 2 rings (SSSR count). The van der Waals surface area contributed by atoms with Gasteiger partial charge in [0.25, 0.3) is 0 Å². The molecular formula is C20H23NO5. The molecule has 0 heterocycles. The van der Waals surface area contributed by atoms with Gasteiger partial charge in [-0.15, -0.1) is 0 Å². The second-order valence-corrected chi connectivity index (χ2v) is 5.55. The van der Waals surface area contributed by atoms with E-state index in [1.165, 1.54) is 0 Å². The van der Waals surface area contributed by atoms with Gasteiger partial charge in [0.05, 0.1) is 6.42 Å². The van der Waals surface area contributed by atoms with Gasteiger partial charge in [-0.2, -0.15) is 0 Å². The van der Waals surface area contributed by atoms with Crippen molar-refractivity contribution in [1.29, 1.82) is 0 Å². The summed E-state index contributed by atoms with van der Waals surface area (Å²) in [6, 6.07) is 18.9. The molecule has 2 aromatic rings. The quantitative estimate of drug-likeness (QED) is 0.481. The maximum atomic E-state index is 11.7. The molecule has 0 atom stereocenters. The van der Waals surface area contributed by atoms with Crippen LogP contribution in [0.3, 0.4) is 0 Å². The molecule has 0 saturated heterocycles. The van der Waals surface area contributed by atoms with Crippen LogP contribution in [-0.2, 0) is 19.1 Å². The van der Waals surface area contributed by atoms with Crippen LogP contribution in [0.25, 0.3) is 0 Å². The van der Waals surface area contributed by atoms with Gasteiger partial charge in [-0.1, -0.05) is 36.4 Å². The van der Waals surface area contributed by atoms with Gasteiger partial charge in [0.1, 0.15) is 19.0 Å². The Balaban J connectivity index is 1.54. The lowest BCUT2D eigenvalue weighted by molar-refractivity contribution is -0.159. The topological polar surface area (TPSA) is 65.1 Å². The van der Waals surface area contributed by atoms with Crippen LogP contribution in [0.1, 0.15) is 6.42 Å².